The molecule has 2 N–H and O–H groups in total. The second-order valence-electron chi connectivity index (χ2n) is 6.19. The van der Waals surface area contributed by atoms with E-state index in [0.29, 0.717) is 12.4 Å². The lowest BCUT2D eigenvalue weighted by Crippen LogP contribution is -2.31. The lowest BCUT2D eigenvalue weighted by molar-refractivity contribution is 0.272. The van der Waals surface area contributed by atoms with Gasteiger partial charge in [-0.1, -0.05) is 48.5 Å². The molecule has 3 rings (SSSR count). The van der Waals surface area contributed by atoms with Crippen molar-refractivity contribution in [3.63, 3.8) is 0 Å². The standard InChI is InChI=1S/C21H25N3O.ClH/c1-17-20(23-21(25-17)19-10-6-3-7-11-19)16-24(15-13-22)14-12-18-8-4-2-5-9-18;/h2-11H,12-16,22H2,1H3;1H. The third-order valence-electron chi connectivity index (χ3n) is 4.29. The van der Waals surface area contributed by atoms with Crippen LogP contribution >= 0.6 is 12.4 Å². The van der Waals surface area contributed by atoms with Gasteiger partial charge in [-0.3, -0.25) is 4.90 Å². The number of hydrogen-bond donors (Lipinski definition) is 1. The van der Waals surface area contributed by atoms with Crippen LogP contribution in [-0.4, -0.2) is 29.5 Å². The summed E-state index contributed by atoms with van der Waals surface area (Å²) in [6, 6.07) is 20.5. The van der Waals surface area contributed by atoms with Gasteiger partial charge in [-0.25, -0.2) is 4.98 Å². The molecule has 0 aliphatic carbocycles. The summed E-state index contributed by atoms with van der Waals surface area (Å²) >= 11 is 0. The van der Waals surface area contributed by atoms with E-state index >= 15 is 0 Å². The summed E-state index contributed by atoms with van der Waals surface area (Å²) < 4.78 is 5.87. The Morgan fingerprint density at radius 3 is 2.27 bits per heavy atom. The minimum Gasteiger partial charge on any atom is -0.441 e. The number of hydrogen-bond acceptors (Lipinski definition) is 4. The highest BCUT2D eigenvalue weighted by atomic mass is 35.5. The normalized spacial score (nSPS) is 10.7. The van der Waals surface area contributed by atoms with Crippen LogP contribution in [0.25, 0.3) is 11.5 Å². The van der Waals surface area contributed by atoms with Crippen molar-refractivity contribution >= 4 is 12.4 Å². The predicted molar refractivity (Wildman–Crippen MR) is 108 cm³/mol. The molecule has 0 amide bonds. The number of aromatic nitrogens is 1. The Balaban J connectivity index is 0.00000243. The SMILES string of the molecule is Cc1oc(-c2ccccc2)nc1CN(CCN)CCc1ccccc1.Cl. The molecule has 0 aliphatic rings. The number of nitrogens with zero attached hydrogens (tertiary/aromatic N) is 2. The highest BCUT2D eigenvalue weighted by Gasteiger charge is 2.14. The molecule has 0 fully saturated rings. The molecule has 26 heavy (non-hydrogen) atoms. The van der Waals surface area contributed by atoms with Gasteiger partial charge >= 0.3 is 0 Å². The second-order valence-corrected chi connectivity index (χ2v) is 6.19. The Labute approximate surface area is 161 Å². The lowest BCUT2D eigenvalue weighted by atomic mass is 10.1. The van der Waals surface area contributed by atoms with Gasteiger partial charge in [0.15, 0.2) is 0 Å². The quantitative estimate of drug-likeness (QED) is 0.648. The number of halogens is 1. The van der Waals surface area contributed by atoms with Crippen LogP contribution in [0.15, 0.2) is 65.1 Å². The first-order chi connectivity index (χ1) is 12.3. The van der Waals surface area contributed by atoms with Crippen molar-refractivity contribution in [1.29, 1.82) is 0 Å². The van der Waals surface area contributed by atoms with Crippen molar-refractivity contribution in [2.45, 2.75) is 19.9 Å². The largest absolute Gasteiger partial charge is 0.441 e. The van der Waals surface area contributed by atoms with Crippen LogP contribution in [0.5, 0.6) is 0 Å². The fourth-order valence-electron chi connectivity index (χ4n) is 2.88. The fraction of sp³-hybridized carbons (Fsp3) is 0.286. The Hall–Kier alpha value is -2.14. The average molecular weight is 372 g/mol. The molecule has 0 atom stereocenters. The number of nitrogens with two attached hydrogens (primary N) is 1. The molecule has 1 aromatic heterocycles. The minimum atomic E-state index is 0. The fourth-order valence-corrected chi connectivity index (χ4v) is 2.88. The number of rotatable bonds is 8. The van der Waals surface area contributed by atoms with Gasteiger partial charge in [-0.15, -0.1) is 12.4 Å². The third kappa shape index (κ3) is 5.43. The van der Waals surface area contributed by atoms with Crippen LogP contribution in [0.2, 0.25) is 0 Å². The maximum atomic E-state index is 5.87. The van der Waals surface area contributed by atoms with Gasteiger partial charge in [-0.05, 0) is 31.0 Å². The first-order valence-electron chi connectivity index (χ1n) is 8.74. The molecule has 1 heterocycles. The van der Waals surface area contributed by atoms with Crippen molar-refractivity contribution in [2.75, 3.05) is 19.6 Å². The molecule has 138 valence electrons. The van der Waals surface area contributed by atoms with E-state index in [9.17, 15) is 0 Å². The summed E-state index contributed by atoms with van der Waals surface area (Å²) in [5, 5.41) is 0. The van der Waals surface area contributed by atoms with E-state index in [0.717, 1.165) is 43.1 Å². The Kier molecular flexibility index (Phi) is 7.85. The summed E-state index contributed by atoms with van der Waals surface area (Å²) in [4.78, 5) is 7.05. The molecule has 0 unspecified atom stereocenters. The Bertz CT molecular complexity index is 774. The van der Waals surface area contributed by atoms with Gasteiger partial charge in [0, 0.05) is 31.7 Å². The summed E-state index contributed by atoms with van der Waals surface area (Å²) in [5.41, 5.74) is 9.13. The average Bonchev–Trinajstić information content (AvgIpc) is 3.02. The van der Waals surface area contributed by atoms with Crippen LogP contribution in [0.3, 0.4) is 0 Å². The van der Waals surface area contributed by atoms with Gasteiger partial charge < -0.3 is 10.2 Å². The highest BCUT2D eigenvalue weighted by molar-refractivity contribution is 5.85. The zero-order valence-corrected chi connectivity index (χ0v) is 15.9. The molecule has 0 aliphatic heterocycles. The number of oxazole rings is 1. The molecule has 4 nitrogen and oxygen atoms in total. The summed E-state index contributed by atoms with van der Waals surface area (Å²) in [6.07, 6.45) is 1.00. The van der Waals surface area contributed by atoms with Gasteiger partial charge in [-0.2, -0.15) is 0 Å². The van der Waals surface area contributed by atoms with Crippen molar-refractivity contribution in [1.82, 2.24) is 9.88 Å². The summed E-state index contributed by atoms with van der Waals surface area (Å²) in [7, 11) is 0. The van der Waals surface area contributed by atoms with Crippen LogP contribution in [0.4, 0.5) is 0 Å². The molecule has 0 bridgehead atoms. The minimum absolute atomic E-state index is 0. The molecule has 0 spiro atoms. The van der Waals surface area contributed by atoms with E-state index in [-0.39, 0.29) is 12.4 Å². The van der Waals surface area contributed by atoms with Crippen molar-refractivity contribution < 1.29 is 4.42 Å². The smallest absolute Gasteiger partial charge is 0.226 e. The van der Waals surface area contributed by atoms with Gasteiger partial charge in [0.25, 0.3) is 0 Å². The maximum Gasteiger partial charge on any atom is 0.226 e. The summed E-state index contributed by atoms with van der Waals surface area (Å²) in [6.45, 7) is 5.17. The molecule has 3 aromatic rings. The van der Waals surface area contributed by atoms with Crippen LogP contribution < -0.4 is 5.73 Å². The predicted octanol–water partition coefficient (Wildman–Crippen LogP) is 4.08. The Morgan fingerprint density at radius 2 is 1.62 bits per heavy atom. The molecule has 5 heteroatoms. The van der Waals surface area contributed by atoms with Crippen LogP contribution in [0.1, 0.15) is 17.0 Å². The van der Waals surface area contributed by atoms with Gasteiger partial charge in [0.1, 0.15) is 5.76 Å². The van der Waals surface area contributed by atoms with E-state index < -0.39 is 0 Å². The first kappa shape index (κ1) is 20.2. The van der Waals surface area contributed by atoms with Crippen LogP contribution in [0, 0.1) is 6.92 Å². The first-order valence-corrected chi connectivity index (χ1v) is 8.74. The van der Waals surface area contributed by atoms with Crippen LogP contribution in [-0.2, 0) is 13.0 Å². The topological polar surface area (TPSA) is 55.3 Å². The second kappa shape index (κ2) is 10.1. The lowest BCUT2D eigenvalue weighted by Gasteiger charge is -2.20. The molecular formula is C21H26ClN3O. The number of aryl methyl sites for hydroxylation is 1. The van der Waals surface area contributed by atoms with E-state index in [4.69, 9.17) is 15.1 Å². The monoisotopic (exact) mass is 371 g/mol. The van der Waals surface area contributed by atoms with Gasteiger partial charge in [0.2, 0.25) is 5.89 Å². The van der Waals surface area contributed by atoms with E-state index in [2.05, 4.69) is 29.2 Å². The van der Waals surface area contributed by atoms with Crippen molar-refractivity contribution in [2.24, 2.45) is 5.73 Å². The van der Waals surface area contributed by atoms with E-state index in [1.54, 1.807) is 0 Å². The molecular weight excluding hydrogens is 346 g/mol. The Morgan fingerprint density at radius 1 is 0.962 bits per heavy atom. The number of benzene rings is 2. The molecule has 0 saturated carbocycles. The zero-order valence-electron chi connectivity index (χ0n) is 15.1. The zero-order chi connectivity index (χ0) is 17.5. The molecule has 0 saturated heterocycles. The van der Waals surface area contributed by atoms with Gasteiger partial charge in [0.05, 0.1) is 5.69 Å². The highest BCUT2D eigenvalue weighted by Crippen LogP contribution is 2.22. The maximum absolute atomic E-state index is 5.87. The third-order valence-corrected chi connectivity index (χ3v) is 4.29. The van der Waals surface area contributed by atoms with E-state index in [1.165, 1.54) is 5.56 Å². The van der Waals surface area contributed by atoms with Crippen molar-refractivity contribution in [3.8, 4) is 11.5 Å². The molecule has 0 radical (unpaired) electrons. The molecule has 2 aromatic carbocycles. The summed E-state index contributed by atoms with van der Waals surface area (Å²) in [5.74, 6) is 1.56. The van der Waals surface area contributed by atoms with E-state index in [1.807, 2.05) is 43.3 Å². The van der Waals surface area contributed by atoms with Crippen molar-refractivity contribution in [3.05, 3.63) is 77.7 Å².